The number of ether oxygens (including phenoxy) is 3. The predicted octanol–water partition coefficient (Wildman–Crippen LogP) is 7.42. The molecular weight excluding hydrogens is 400 g/mol. The molecule has 0 heterocycles. The molecular formula is C28H50O4. The van der Waals surface area contributed by atoms with Gasteiger partial charge >= 0.3 is 5.97 Å². The average Bonchev–Trinajstić information content (AvgIpc) is 2.81. The zero-order valence-corrected chi connectivity index (χ0v) is 21.4. The molecule has 32 heavy (non-hydrogen) atoms. The Kier molecular flexibility index (Phi) is 15.9. The van der Waals surface area contributed by atoms with E-state index in [2.05, 4.69) is 32.9 Å². The van der Waals surface area contributed by atoms with E-state index in [1.54, 1.807) is 7.11 Å². The van der Waals surface area contributed by atoms with Crippen LogP contribution < -0.4 is 0 Å². The molecule has 1 unspecified atom stereocenters. The van der Waals surface area contributed by atoms with E-state index < -0.39 is 11.6 Å². The maximum atomic E-state index is 12.1. The third-order valence-electron chi connectivity index (χ3n) is 6.20. The molecule has 0 aliphatic carbocycles. The van der Waals surface area contributed by atoms with E-state index in [0.717, 1.165) is 56.9 Å². The number of hydrogen-bond acceptors (Lipinski definition) is 4. The van der Waals surface area contributed by atoms with Crippen LogP contribution >= 0.6 is 0 Å². The fourth-order valence-corrected chi connectivity index (χ4v) is 4.22. The van der Waals surface area contributed by atoms with E-state index in [1.165, 1.54) is 25.7 Å². The first kappa shape index (κ1) is 29.1. The van der Waals surface area contributed by atoms with Crippen LogP contribution in [0.3, 0.4) is 0 Å². The molecule has 0 bridgehead atoms. The molecule has 4 heteroatoms. The third kappa shape index (κ3) is 10.3. The van der Waals surface area contributed by atoms with Gasteiger partial charge in [-0.15, -0.1) is 0 Å². The van der Waals surface area contributed by atoms with E-state index in [0.29, 0.717) is 26.1 Å². The molecule has 1 N–H and O–H groups in total. The first-order chi connectivity index (χ1) is 15.6. The summed E-state index contributed by atoms with van der Waals surface area (Å²) in [6.07, 6.45) is 14.3. The summed E-state index contributed by atoms with van der Waals surface area (Å²) in [5, 5.41) is 12.1. The van der Waals surface area contributed by atoms with Crippen molar-refractivity contribution in [3.8, 4) is 0 Å². The van der Waals surface area contributed by atoms with Gasteiger partial charge in [-0.05, 0) is 24.8 Å². The fourth-order valence-electron chi connectivity index (χ4n) is 4.22. The van der Waals surface area contributed by atoms with Crippen molar-refractivity contribution in [1.29, 1.82) is 0 Å². The minimum absolute atomic E-state index is 0.443. The number of aliphatic hydroxyl groups is 1. The van der Waals surface area contributed by atoms with Crippen molar-refractivity contribution >= 4 is 0 Å². The molecule has 1 atom stereocenters. The summed E-state index contributed by atoms with van der Waals surface area (Å²) in [5.74, 6) is -1.45. The molecule has 0 aliphatic heterocycles. The quantitative estimate of drug-likeness (QED) is 0.156. The number of rotatable bonds is 21. The Balaban J connectivity index is 3.04. The largest absolute Gasteiger partial charge is 0.381 e. The Bertz CT molecular complexity index is 536. The van der Waals surface area contributed by atoms with Crippen molar-refractivity contribution in [2.45, 2.75) is 122 Å². The van der Waals surface area contributed by atoms with Crippen molar-refractivity contribution in [3.05, 3.63) is 35.9 Å². The summed E-state index contributed by atoms with van der Waals surface area (Å²) >= 11 is 0. The highest BCUT2D eigenvalue weighted by atomic mass is 16.9. The minimum Gasteiger partial charge on any atom is -0.381 e. The van der Waals surface area contributed by atoms with Gasteiger partial charge in [0.2, 0.25) is 0 Å². The van der Waals surface area contributed by atoms with E-state index in [4.69, 9.17) is 14.2 Å². The van der Waals surface area contributed by atoms with E-state index in [9.17, 15) is 5.11 Å². The second kappa shape index (κ2) is 17.5. The SMILES string of the molecule is CCCCCCCCC(O)(Cc1ccccc1)C(OC)(OCCCCC)OCCCCC. The van der Waals surface area contributed by atoms with Crippen molar-refractivity contribution in [1.82, 2.24) is 0 Å². The normalized spacial score (nSPS) is 13.9. The first-order valence-corrected chi connectivity index (χ1v) is 13.2. The van der Waals surface area contributed by atoms with Crippen molar-refractivity contribution in [2.75, 3.05) is 20.3 Å². The summed E-state index contributed by atoms with van der Waals surface area (Å²) in [5.41, 5.74) is -0.191. The molecule has 0 saturated carbocycles. The smallest absolute Gasteiger partial charge is 0.313 e. The minimum atomic E-state index is -1.45. The second-order valence-electron chi connectivity index (χ2n) is 9.08. The summed E-state index contributed by atoms with van der Waals surface area (Å²) in [7, 11) is 1.61. The van der Waals surface area contributed by atoms with Gasteiger partial charge in [0, 0.05) is 13.5 Å². The van der Waals surface area contributed by atoms with Crippen LogP contribution in [0.4, 0.5) is 0 Å². The molecule has 1 rings (SSSR count). The summed E-state index contributed by atoms with van der Waals surface area (Å²) in [4.78, 5) is 0. The van der Waals surface area contributed by atoms with Crippen LogP contribution in [-0.4, -0.2) is 37.0 Å². The molecule has 4 nitrogen and oxygen atoms in total. The van der Waals surface area contributed by atoms with Crippen LogP contribution in [0, 0.1) is 0 Å². The Morgan fingerprint density at radius 2 is 1.19 bits per heavy atom. The van der Waals surface area contributed by atoms with Crippen LogP contribution in [0.5, 0.6) is 0 Å². The van der Waals surface area contributed by atoms with Gasteiger partial charge in [-0.25, -0.2) is 0 Å². The molecule has 0 amide bonds. The van der Waals surface area contributed by atoms with Gasteiger partial charge in [-0.1, -0.05) is 115 Å². The van der Waals surface area contributed by atoms with Gasteiger partial charge in [-0.3, -0.25) is 0 Å². The highest BCUT2D eigenvalue weighted by molar-refractivity contribution is 5.18. The Morgan fingerprint density at radius 1 is 0.688 bits per heavy atom. The standard InChI is InChI=1S/C28H50O4/c1-5-8-11-12-13-17-22-27(29,25-26-20-15-14-16-21-26)28(30-4,31-23-18-9-6-2)32-24-19-10-7-3/h14-16,20-21,29H,5-13,17-19,22-25H2,1-4H3. The molecule has 0 radical (unpaired) electrons. The average molecular weight is 451 g/mol. The first-order valence-electron chi connectivity index (χ1n) is 13.2. The highest BCUT2D eigenvalue weighted by Crippen LogP contribution is 2.37. The van der Waals surface area contributed by atoms with E-state index in [-0.39, 0.29) is 0 Å². The van der Waals surface area contributed by atoms with Gasteiger partial charge in [-0.2, -0.15) is 0 Å². The number of benzene rings is 1. The predicted molar refractivity (Wildman–Crippen MR) is 134 cm³/mol. The lowest BCUT2D eigenvalue weighted by atomic mass is 9.86. The monoisotopic (exact) mass is 450 g/mol. The van der Waals surface area contributed by atoms with Gasteiger partial charge in [0.05, 0.1) is 13.2 Å². The van der Waals surface area contributed by atoms with Crippen molar-refractivity contribution in [3.63, 3.8) is 0 Å². The van der Waals surface area contributed by atoms with E-state index >= 15 is 0 Å². The van der Waals surface area contributed by atoms with Crippen LogP contribution in [0.25, 0.3) is 0 Å². The maximum Gasteiger partial charge on any atom is 0.313 e. The van der Waals surface area contributed by atoms with Crippen LogP contribution in [-0.2, 0) is 20.6 Å². The van der Waals surface area contributed by atoms with Gasteiger partial charge < -0.3 is 19.3 Å². The Hall–Kier alpha value is -0.940. The van der Waals surface area contributed by atoms with Gasteiger partial charge in [0.15, 0.2) is 0 Å². The zero-order valence-electron chi connectivity index (χ0n) is 21.4. The van der Waals surface area contributed by atoms with E-state index in [1.807, 2.05) is 18.2 Å². The lowest BCUT2D eigenvalue weighted by Gasteiger charge is -2.45. The zero-order chi connectivity index (χ0) is 23.5. The van der Waals surface area contributed by atoms with Crippen molar-refractivity contribution in [2.24, 2.45) is 0 Å². The molecule has 1 aromatic rings. The Morgan fingerprint density at radius 3 is 1.72 bits per heavy atom. The Labute approximate surface area is 198 Å². The molecule has 0 aromatic heterocycles. The number of methoxy groups -OCH3 is 1. The molecule has 0 aliphatic rings. The second-order valence-corrected chi connectivity index (χ2v) is 9.08. The number of unbranched alkanes of at least 4 members (excludes halogenated alkanes) is 9. The van der Waals surface area contributed by atoms with Gasteiger partial charge in [0.1, 0.15) is 5.60 Å². The molecule has 0 saturated heterocycles. The van der Waals surface area contributed by atoms with Gasteiger partial charge in [0.25, 0.3) is 0 Å². The fraction of sp³-hybridized carbons (Fsp3) is 0.786. The molecule has 186 valence electrons. The molecule has 0 fully saturated rings. The molecule has 1 aromatic carbocycles. The highest BCUT2D eigenvalue weighted by Gasteiger charge is 2.53. The maximum absolute atomic E-state index is 12.1. The van der Waals surface area contributed by atoms with Crippen LogP contribution in [0.2, 0.25) is 0 Å². The van der Waals surface area contributed by atoms with Crippen LogP contribution in [0.1, 0.15) is 110 Å². The number of hydrogen-bond donors (Lipinski definition) is 1. The third-order valence-corrected chi connectivity index (χ3v) is 6.20. The van der Waals surface area contributed by atoms with Crippen molar-refractivity contribution < 1.29 is 19.3 Å². The molecule has 0 spiro atoms. The topological polar surface area (TPSA) is 47.9 Å². The summed E-state index contributed by atoms with van der Waals surface area (Å²) < 4.78 is 18.5. The van der Waals surface area contributed by atoms with Crippen LogP contribution in [0.15, 0.2) is 30.3 Å². The summed E-state index contributed by atoms with van der Waals surface area (Å²) in [6.45, 7) is 7.62. The lowest BCUT2D eigenvalue weighted by molar-refractivity contribution is -0.436. The summed E-state index contributed by atoms with van der Waals surface area (Å²) in [6, 6.07) is 10.1. The lowest BCUT2D eigenvalue weighted by Crippen LogP contribution is -2.60.